The fourth-order valence-electron chi connectivity index (χ4n) is 2.92. The van der Waals surface area contributed by atoms with Crippen molar-refractivity contribution < 1.29 is 18.7 Å². The molecule has 0 N–H and O–H groups in total. The zero-order valence-corrected chi connectivity index (χ0v) is 14.7. The number of amides is 1. The fourth-order valence-corrected chi connectivity index (χ4v) is 3.22. The molecule has 1 amide bonds. The summed E-state index contributed by atoms with van der Waals surface area (Å²) in [6.07, 6.45) is 0.384. The minimum atomic E-state index is -0.289. The van der Waals surface area contributed by atoms with Gasteiger partial charge in [0.2, 0.25) is 0 Å². The van der Waals surface area contributed by atoms with Gasteiger partial charge in [-0.05, 0) is 31.2 Å². The Balaban J connectivity index is 1.83. The van der Waals surface area contributed by atoms with Crippen LogP contribution < -0.4 is 4.90 Å². The third-order valence-corrected chi connectivity index (χ3v) is 4.42. The Morgan fingerprint density at radius 1 is 1.24 bits per heavy atom. The van der Waals surface area contributed by atoms with E-state index in [1.165, 1.54) is 0 Å². The molecule has 1 saturated heterocycles. The Labute approximate surface area is 150 Å². The number of carbonyl (C=O) groups excluding carboxylic acids is 2. The highest BCUT2D eigenvalue weighted by Gasteiger charge is 2.25. The van der Waals surface area contributed by atoms with Crippen LogP contribution in [-0.4, -0.2) is 50.1 Å². The molecule has 7 heteroatoms. The summed E-state index contributed by atoms with van der Waals surface area (Å²) in [5, 5.41) is 0.603. The van der Waals surface area contributed by atoms with Gasteiger partial charge in [0, 0.05) is 31.7 Å². The van der Waals surface area contributed by atoms with E-state index in [-0.39, 0.29) is 11.9 Å². The van der Waals surface area contributed by atoms with Gasteiger partial charge in [-0.15, -0.1) is 0 Å². The first-order valence-electron chi connectivity index (χ1n) is 8.14. The largest absolute Gasteiger partial charge is 0.453 e. The number of benzene rings is 1. The van der Waals surface area contributed by atoms with E-state index in [1.807, 2.05) is 18.2 Å². The highest BCUT2D eigenvalue weighted by atomic mass is 35.5. The van der Waals surface area contributed by atoms with E-state index in [0.717, 1.165) is 11.3 Å². The molecule has 2 heterocycles. The summed E-state index contributed by atoms with van der Waals surface area (Å²) >= 11 is 6.44. The van der Waals surface area contributed by atoms with Crippen molar-refractivity contribution in [3.8, 4) is 11.3 Å². The molecule has 1 aliphatic heterocycles. The van der Waals surface area contributed by atoms with E-state index >= 15 is 0 Å². The molecule has 0 aliphatic carbocycles. The maximum atomic E-state index is 11.8. The van der Waals surface area contributed by atoms with Crippen LogP contribution >= 0.6 is 11.6 Å². The summed E-state index contributed by atoms with van der Waals surface area (Å²) < 4.78 is 10.6. The maximum absolute atomic E-state index is 11.8. The Morgan fingerprint density at radius 2 is 2.00 bits per heavy atom. The van der Waals surface area contributed by atoms with Gasteiger partial charge in [-0.1, -0.05) is 17.7 Å². The molecule has 0 bridgehead atoms. The second-order valence-electron chi connectivity index (χ2n) is 5.63. The molecule has 1 aliphatic rings. The zero-order valence-electron chi connectivity index (χ0n) is 13.9. The maximum Gasteiger partial charge on any atom is 0.409 e. The van der Waals surface area contributed by atoms with Crippen molar-refractivity contribution in [3.63, 3.8) is 0 Å². The SMILES string of the molecule is CCOC(=O)N1CCN(c2c(Cl)cccc2-c2ccc(C=O)o2)CC1. The highest BCUT2D eigenvalue weighted by Crippen LogP contribution is 2.38. The minimum Gasteiger partial charge on any atom is -0.453 e. The summed E-state index contributed by atoms with van der Waals surface area (Å²) in [5.41, 5.74) is 1.67. The molecule has 25 heavy (non-hydrogen) atoms. The van der Waals surface area contributed by atoms with Crippen molar-refractivity contribution in [1.82, 2.24) is 4.90 Å². The number of hydrogen-bond donors (Lipinski definition) is 0. The Hall–Kier alpha value is -2.47. The van der Waals surface area contributed by atoms with E-state index in [4.69, 9.17) is 20.8 Å². The molecule has 2 aromatic rings. The van der Waals surface area contributed by atoms with Crippen molar-refractivity contribution in [2.45, 2.75) is 6.92 Å². The quantitative estimate of drug-likeness (QED) is 0.776. The van der Waals surface area contributed by atoms with Crippen LogP contribution in [0.15, 0.2) is 34.7 Å². The third kappa shape index (κ3) is 3.64. The van der Waals surface area contributed by atoms with Gasteiger partial charge in [-0.2, -0.15) is 0 Å². The molecule has 1 aromatic heterocycles. The van der Waals surface area contributed by atoms with Crippen molar-refractivity contribution in [2.75, 3.05) is 37.7 Å². The summed E-state index contributed by atoms with van der Waals surface area (Å²) in [6, 6.07) is 8.96. The fraction of sp³-hybridized carbons (Fsp3) is 0.333. The number of rotatable bonds is 4. The standard InChI is InChI=1S/C18H19ClN2O4/c1-2-24-18(23)21-10-8-20(9-11-21)17-14(4-3-5-15(17)19)16-7-6-13(12-22)25-16/h3-7,12H,2,8-11H2,1H3. The molecule has 0 unspecified atom stereocenters. The number of ether oxygens (including phenoxy) is 1. The van der Waals surface area contributed by atoms with Crippen molar-refractivity contribution in [3.05, 3.63) is 41.1 Å². The number of nitrogens with zero attached hydrogens (tertiary/aromatic N) is 2. The van der Waals surface area contributed by atoms with Crippen molar-refractivity contribution in [1.29, 1.82) is 0 Å². The topological polar surface area (TPSA) is 63.0 Å². The number of halogens is 1. The molecule has 132 valence electrons. The average molecular weight is 363 g/mol. The number of para-hydroxylation sites is 1. The van der Waals surface area contributed by atoms with Crippen LogP contribution in [0, 0.1) is 0 Å². The van der Waals surface area contributed by atoms with Gasteiger partial charge < -0.3 is 19.0 Å². The van der Waals surface area contributed by atoms with E-state index in [2.05, 4.69) is 4.90 Å². The number of hydrogen-bond acceptors (Lipinski definition) is 5. The van der Waals surface area contributed by atoms with Crippen LogP contribution in [0.2, 0.25) is 5.02 Å². The number of furan rings is 1. The van der Waals surface area contributed by atoms with Crippen LogP contribution in [-0.2, 0) is 4.74 Å². The Bertz CT molecular complexity index is 766. The molecule has 0 spiro atoms. The lowest BCUT2D eigenvalue weighted by atomic mass is 10.1. The monoisotopic (exact) mass is 362 g/mol. The molecule has 6 nitrogen and oxygen atoms in total. The number of carbonyl (C=O) groups is 2. The predicted octanol–water partition coefficient (Wildman–Crippen LogP) is 3.69. The van der Waals surface area contributed by atoms with E-state index in [0.29, 0.717) is 49.9 Å². The van der Waals surface area contributed by atoms with Crippen LogP contribution in [0.5, 0.6) is 0 Å². The summed E-state index contributed by atoms with van der Waals surface area (Å²) in [7, 11) is 0. The average Bonchev–Trinajstić information content (AvgIpc) is 3.11. The van der Waals surface area contributed by atoms with Crippen LogP contribution in [0.25, 0.3) is 11.3 Å². The second kappa shape index (κ2) is 7.61. The van der Waals surface area contributed by atoms with Crippen molar-refractivity contribution >= 4 is 29.7 Å². The second-order valence-corrected chi connectivity index (χ2v) is 6.04. The van der Waals surface area contributed by atoms with Gasteiger partial charge in [0.1, 0.15) is 5.76 Å². The number of aldehydes is 1. The highest BCUT2D eigenvalue weighted by molar-refractivity contribution is 6.34. The Morgan fingerprint density at radius 3 is 2.64 bits per heavy atom. The predicted molar refractivity (Wildman–Crippen MR) is 95.3 cm³/mol. The van der Waals surface area contributed by atoms with E-state index in [9.17, 15) is 9.59 Å². The summed E-state index contributed by atoms with van der Waals surface area (Å²) in [5.74, 6) is 0.862. The van der Waals surface area contributed by atoms with Crippen LogP contribution in [0.1, 0.15) is 17.5 Å². The first-order chi connectivity index (χ1) is 12.1. The van der Waals surface area contributed by atoms with Crippen LogP contribution in [0.3, 0.4) is 0 Å². The smallest absolute Gasteiger partial charge is 0.409 e. The van der Waals surface area contributed by atoms with Gasteiger partial charge >= 0.3 is 6.09 Å². The van der Waals surface area contributed by atoms with Crippen LogP contribution in [0.4, 0.5) is 10.5 Å². The molecule has 3 rings (SSSR count). The third-order valence-electron chi connectivity index (χ3n) is 4.12. The molecule has 1 fully saturated rings. The van der Waals surface area contributed by atoms with Gasteiger partial charge in [0.05, 0.1) is 17.3 Å². The molecule has 0 radical (unpaired) electrons. The minimum absolute atomic E-state index is 0.271. The number of anilines is 1. The van der Waals surface area contributed by atoms with Gasteiger partial charge in [-0.25, -0.2) is 4.79 Å². The van der Waals surface area contributed by atoms with E-state index in [1.54, 1.807) is 24.0 Å². The molecular formula is C18H19ClN2O4. The molecule has 0 saturated carbocycles. The van der Waals surface area contributed by atoms with Crippen molar-refractivity contribution in [2.24, 2.45) is 0 Å². The molecular weight excluding hydrogens is 344 g/mol. The van der Waals surface area contributed by atoms with E-state index < -0.39 is 0 Å². The zero-order chi connectivity index (χ0) is 17.8. The normalized spacial score (nSPS) is 14.5. The van der Waals surface area contributed by atoms with Gasteiger partial charge in [0.15, 0.2) is 12.0 Å². The number of piperazine rings is 1. The first kappa shape index (κ1) is 17.4. The van der Waals surface area contributed by atoms with Gasteiger partial charge in [0.25, 0.3) is 0 Å². The molecule has 0 atom stereocenters. The lowest BCUT2D eigenvalue weighted by Crippen LogP contribution is -2.49. The summed E-state index contributed by atoms with van der Waals surface area (Å²) in [6.45, 7) is 4.54. The first-order valence-corrected chi connectivity index (χ1v) is 8.52. The van der Waals surface area contributed by atoms with Gasteiger partial charge in [-0.3, -0.25) is 4.79 Å². The summed E-state index contributed by atoms with van der Waals surface area (Å²) in [4.78, 5) is 26.5. The lowest BCUT2D eigenvalue weighted by molar-refractivity contribution is 0.105. The lowest BCUT2D eigenvalue weighted by Gasteiger charge is -2.36. The molecule has 1 aromatic carbocycles. The Kier molecular flexibility index (Phi) is 5.28.